The molecule has 3 heterocycles. The number of nitrogens with zero attached hydrogens (tertiary/aromatic N) is 2. The Morgan fingerprint density at radius 3 is 2.57 bits per heavy atom. The summed E-state index contributed by atoms with van der Waals surface area (Å²) < 4.78 is 28.2. The van der Waals surface area contributed by atoms with Crippen molar-refractivity contribution >= 4 is 42.1 Å². The molecule has 1 saturated heterocycles. The molecule has 11 heteroatoms. The molecule has 9 nitrogen and oxygen atoms in total. The number of Topliss-reactive ketones (excluding diaryl/α,β-unsaturated/α-hetero) is 1. The van der Waals surface area contributed by atoms with Crippen LogP contribution in [0.15, 0.2) is 46.5 Å². The van der Waals surface area contributed by atoms with Gasteiger partial charge >= 0.3 is 195 Å². The van der Waals surface area contributed by atoms with Gasteiger partial charge in [-0.2, -0.15) is 0 Å². The van der Waals surface area contributed by atoms with E-state index in [1.807, 2.05) is 11.0 Å². The van der Waals surface area contributed by atoms with Gasteiger partial charge in [-0.1, -0.05) is 6.07 Å². The minimum absolute atomic E-state index is 0.0497. The molecule has 1 saturated carbocycles. The second-order valence-electron chi connectivity index (χ2n) is 9.92. The normalized spacial score (nSPS) is 22.7. The molecular formula is C26H34N4O5SSe. The number of sulfonamides is 1. The van der Waals surface area contributed by atoms with Gasteiger partial charge in [0.15, 0.2) is 0 Å². The summed E-state index contributed by atoms with van der Waals surface area (Å²) in [7, 11) is -3.96. The summed E-state index contributed by atoms with van der Waals surface area (Å²) in [5.74, 6) is -0.653. The Bertz CT molecular complexity index is 1180. The van der Waals surface area contributed by atoms with Crippen LogP contribution in [0.2, 0.25) is 0 Å². The Hall–Kier alpha value is -2.33. The molecule has 2 aromatic rings. The minimum atomic E-state index is -3.96. The molecule has 3 atom stereocenters. The maximum absolute atomic E-state index is 13.4. The zero-order chi connectivity index (χ0) is 26.4. The predicted octanol–water partition coefficient (Wildman–Crippen LogP) is 2.13. The van der Waals surface area contributed by atoms with Crippen LogP contribution >= 0.6 is 0 Å². The van der Waals surface area contributed by atoms with Crippen LogP contribution in [0.25, 0.3) is 0 Å². The molecule has 200 valence electrons. The molecule has 2 N–H and O–H groups in total. The smallest absolute Gasteiger partial charge is 0.243 e. The Balaban J connectivity index is 1.46. The third-order valence-corrected chi connectivity index (χ3v) is 11.0. The van der Waals surface area contributed by atoms with E-state index in [1.54, 1.807) is 25.1 Å². The molecule has 2 fully saturated rings. The number of hydrogen-bond acceptors (Lipinski definition) is 6. The summed E-state index contributed by atoms with van der Waals surface area (Å²) in [4.78, 5) is 45.3. The summed E-state index contributed by atoms with van der Waals surface area (Å²) >= 11 is -0.0497. The first-order valence-corrected chi connectivity index (χ1v) is 16.1. The van der Waals surface area contributed by atoms with Crippen LogP contribution in [0.5, 0.6) is 0 Å². The van der Waals surface area contributed by atoms with E-state index in [2.05, 4.69) is 15.6 Å². The third kappa shape index (κ3) is 6.96. The number of hydrogen-bond donors (Lipinski definition) is 2. The first-order chi connectivity index (χ1) is 17.8. The fraction of sp³-hybridized carbons (Fsp3) is 0.538. The molecule has 0 aromatic carbocycles. The molecule has 1 aliphatic heterocycles. The fourth-order valence-electron chi connectivity index (χ4n) is 5.12. The first-order valence-electron chi connectivity index (χ1n) is 12.9. The van der Waals surface area contributed by atoms with Crippen LogP contribution in [0, 0.1) is 5.92 Å². The number of pyridine rings is 1. The van der Waals surface area contributed by atoms with Gasteiger partial charge in [0.05, 0.1) is 0 Å². The van der Waals surface area contributed by atoms with Gasteiger partial charge in [0, 0.05) is 6.20 Å². The van der Waals surface area contributed by atoms with E-state index in [9.17, 15) is 22.8 Å². The fourth-order valence-corrected chi connectivity index (χ4v) is 8.00. The number of amides is 2. The number of ketones is 1. The molecule has 2 aromatic heterocycles. The molecule has 37 heavy (non-hydrogen) atoms. The van der Waals surface area contributed by atoms with Gasteiger partial charge in [0.25, 0.3) is 0 Å². The maximum atomic E-state index is 13.4. The number of aromatic nitrogens is 1. The summed E-state index contributed by atoms with van der Waals surface area (Å²) in [5.41, 5.74) is 0. The molecule has 0 radical (unpaired) electrons. The number of nitrogens with one attached hydrogen (secondary N) is 2. The van der Waals surface area contributed by atoms with Crippen molar-refractivity contribution in [3.63, 3.8) is 0 Å². The van der Waals surface area contributed by atoms with Crippen LogP contribution in [0.4, 0.5) is 0 Å². The molecule has 1 aliphatic carbocycles. The van der Waals surface area contributed by atoms with Crippen molar-refractivity contribution in [2.24, 2.45) is 5.92 Å². The Morgan fingerprint density at radius 1 is 1.11 bits per heavy atom. The molecular weight excluding hydrogens is 559 g/mol. The minimum Gasteiger partial charge on any atom is -0.243 e. The van der Waals surface area contributed by atoms with Gasteiger partial charge in [0.1, 0.15) is 0 Å². The number of rotatable bonds is 8. The Morgan fingerprint density at radius 2 is 1.89 bits per heavy atom. The summed E-state index contributed by atoms with van der Waals surface area (Å²) in [6, 6.07) is 6.26. The summed E-state index contributed by atoms with van der Waals surface area (Å²) in [5, 5.41) is 5.67. The van der Waals surface area contributed by atoms with Gasteiger partial charge in [-0.15, -0.1) is 0 Å². The van der Waals surface area contributed by atoms with Crippen LogP contribution in [-0.4, -0.2) is 74.5 Å². The monoisotopic (exact) mass is 594 g/mol. The van der Waals surface area contributed by atoms with Crippen molar-refractivity contribution in [1.82, 2.24) is 19.9 Å². The van der Waals surface area contributed by atoms with Crippen molar-refractivity contribution in [2.75, 3.05) is 6.54 Å². The molecule has 4 rings (SSSR count). The van der Waals surface area contributed by atoms with Crippen LogP contribution < -0.4 is 10.6 Å². The summed E-state index contributed by atoms with van der Waals surface area (Å²) in [6.45, 7) is 1.42. The average Bonchev–Trinajstić information content (AvgIpc) is 3.40. The van der Waals surface area contributed by atoms with E-state index in [0.29, 0.717) is 29.6 Å². The quantitative estimate of drug-likeness (QED) is 0.452. The van der Waals surface area contributed by atoms with Crippen molar-refractivity contribution in [3.05, 3.63) is 45.9 Å². The van der Waals surface area contributed by atoms with Crippen molar-refractivity contribution < 1.29 is 22.8 Å². The van der Waals surface area contributed by atoms with Crippen LogP contribution in [0.1, 0.15) is 67.5 Å². The second kappa shape index (κ2) is 12.5. The Kier molecular flexibility index (Phi) is 9.34. The van der Waals surface area contributed by atoms with Gasteiger partial charge in [-0.25, -0.2) is 4.98 Å². The van der Waals surface area contributed by atoms with Crippen molar-refractivity contribution in [1.29, 1.82) is 0 Å². The van der Waals surface area contributed by atoms with E-state index in [1.165, 1.54) is 23.0 Å². The second-order valence-corrected chi connectivity index (χ2v) is 13.7. The molecule has 0 bridgehead atoms. The SMILES string of the molecule is C[C@@H]1CC[C@H](NC(=O)C(CC2CCCCC2)NC(=O)c2ccc[se]2)C(=O)CN1S(=O)(=O)c1ccccn1. The first kappa shape index (κ1) is 27.7. The van der Waals surface area contributed by atoms with Gasteiger partial charge in [0.2, 0.25) is 0 Å². The van der Waals surface area contributed by atoms with Crippen LogP contribution in [0.3, 0.4) is 0 Å². The van der Waals surface area contributed by atoms with E-state index in [-0.39, 0.29) is 43.7 Å². The average molecular weight is 594 g/mol. The van der Waals surface area contributed by atoms with E-state index < -0.39 is 28.1 Å². The third-order valence-electron chi connectivity index (χ3n) is 7.25. The van der Waals surface area contributed by atoms with Crippen molar-refractivity contribution in [3.8, 4) is 0 Å². The van der Waals surface area contributed by atoms with Gasteiger partial charge in [-0.05, 0) is 12.1 Å². The molecule has 2 amide bonds. The number of carbonyl (C=O) groups excluding carboxylic acids is 3. The topological polar surface area (TPSA) is 126 Å². The molecule has 0 spiro atoms. The van der Waals surface area contributed by atoms with E-state index >= 15 is 0 Å². The van der Waals surface area contributed by atoms with Crippen LogP contribution in [-0.2, 0) is 19.6 Å². The van der Waals surface area contributed by atoms with E-state index in [4.69, 9.17) is 0 Å². The molecule has 2 aliphatic rings. The predicted molar refractivity (Wildman–Crippen MR) is 140 cm³/mol. The standard InChI is InChI=1S/C26H34N4O5SSe/c1-18-12-13-20(22(31)17-30(18)36(34,35)24-11-5-6-14-27-24)28-25(32)21(16-19-8-3-2-4-9-19)29-26(33)23-10-7-15-37-23/h5-7,10-11,14-15,18-21H,2-4,8-9,12-13,16-17H2,1H3,(H,28,32)(H,29,33)/t18-,20+,21?/m1/s1. The number of carbonyl (C=O) groups is 3. The van der Waals surface area contributed by atoms with E-state index in [0.717, 1.165) is 25.7 Å². The summed E-state index contributed by atoms with van der Waals surface area (Å²) in [6.07, 6.45) is 8.12. The zero-order valence-corrected chi connectivity index (χ0v) is 23.5. The Labute approximate surface area is 224 Å². The van der Waals surface area contributed by atoms with Crippen molar-refractivity contribution in [2.45, 2.75) is 81.4 Å². The molecule has 1 unspecified atom stereocenters. The van der Waals surface area contributed by atoms with Gasteiger partial charge < -0.3 is 0 Å². The van der Waals surface area contributed by atoms with Gasteiger partial charge in [-0.3, -0.25) is 0 Å². The zero-order valence-electron chi connectivity index (χ0n) is 21.0.